The number of alkyl halides is 2. The second kappa shape index (κ2) is 3.64. The van der Waals surface area contributed by atoms with Crippen LogP contribution in [0.2, 0.25) is 0 Å². The largest absolute Gasteiger partial charge is 0.432 e. The summed E-state index contributed by atoms with van der Waals surface area (Å²) >= 11 is 0. The number of benzene rings is 1. The Bertz CT molecular complexity index is 539. The van der Waals surface area contributed by atoms with Gasteiger partial charge in [-0.3, -0.25) is 4.79 Å². The number of ether oxygens (including phenoxy) is 1. The summed E-state index contributed by atoms with van der Waals surface area (Å²) in [6.07, 6.45) is 1.01. The zero-order valence-corrected chi connectivity index (χ0v) is 7.41. The molecule has 1 heterocycles. The lowest BCUT2D eigenvalue weighted by Crippen LogP contribution is -2.07. The number of nitrogens with zero attached hydrogens (tertiary/aromatic N) is 1. The van der Waals surface area contributed by atoms with Gasteiger partial charge in [0, 0.05) is 0 Å². The summed E-state index contributed by atoms with van der Waals surface area (Å²) < 4.78 is 28.3. The van der Waals surface area contributed by atoms with Crippen LogP contribution < -0.4 is 10.3 Å². The van der Waals surface area contributed by atoms with E-state index >= 15 is 0 Å². The van der Waals surface area contributed by atoms with E-state index in [0.717, 1.165) is 6.20 Å². The number of hydrogen-bond donors (Lipinski definition) is 1. The monoisotopic (exact) mass is 212 g/mol. The summed E-state index contributed by atoms with van der Waals surface area (Å²) in [5.41, 5.74) is 0.176. The molecular weight excluding hydrogens is 206 g/mol. The van der Waals surface area contributed by atoms with Crippen LogP contribution in [0.5, 0.6) is 5.75 Å². The van der Waals surface area contributed by atoms with E-state index in [1.807, 2.05) is 0 Å². The van der Waals surface area contributed by atoms with Gasteiger partial charge >= 0.3 is 6.61 Å². The van der Waals surface area contributed by atoms with Gasteiger partial charge in [-0.25, -0.2) is 4.98 Å². The van der Waals surface area contributed by atoms with Crippen LogP contribution in [0.3, 0.4) is 0 Å². The van der Waals surface area contributed by atoms with E-state index < -0.39 is 12.2 Å². The summed E-state index contributed by atoms with van der Waals surface area (Å²) in [4.78, 5) is 17.1. The highest BCUT2D eigenvalue weighted by Crippen LogP contribution is 2.22. The lowest BCUT2D eigenvalue weighted by atomic mass is 10.3. The van der Waals surface area contributed by atoms with E-state index in [0.29, 0.717) is 5.52 Å². The number of H-pyrrole nitrogens is 1. The van der Waals surface area contributed by atoms with E-state index in [2.05, 4.69) is 14.7 Å². The number of nitrogens with one attached hydrogen (secondary N) is 1. The zero-order chi connectivity index (χ0) is 10.8. The summed E-state index contributed by atoms with van der Waals surface area (Å²) in [7, 11) is 0. The maximum atomic E-state index is 12.0. The molecule has 1 aromatic carbocycles. The van der Waals surface area contributed by atoms with Crippen LogP contribution in [0.15, 0.2) is 29.2 Å². The number of aromatic amines is 1. The molecule has 0 saturated heterocycles. The third kappa shape index (κ3) is 1.93. The first-order chi connectivity index (χ1) is 7.16. The molecule has 2 aromatic rings. The number of aromatic nitrogens is 2. The molecule has 0 saturated carbocycles. The summed E-state index contributed by atoms with van der Waals surface area (Å²) in [5.74, 6) is -0.0567. The first-order valence-electron chi connectivity index (χ1n) is 4.09. The van der Waals surface area contributed by atoms with Gasteiger partial charge in [0.15, 0.2) is 5.75 Å². The molecule has 15 heavy (non-hydrogen) atoms. The van der Waals surface area contributed by atoms with E-state index in [9.17, 15) is 13.6 Å². The third-order valence-electron chi connectivity index (χ3n) is 1.78. The second-order valence-corrected chi connectivity index (χ2v) is 2.78. The van der Waals surface area contributed by atoms with E-state index in [4.69, 9.17) is 0 Å². The van der Waals surface area contributed by atoms with Crippen LogP contribution in [-0.2, 0) is 0 Å². The zero-order valence-electron chi connectivity index (χ0n) is 7.41. The van der Waals surface area contributed by atoms with Crippen molar-refractivity contribution < 1.29 is 13.5 Å². The molecule has 0 aliphatic heterocycles. The van der Waals surface area contributed by atoms with Crippen molar-refractivity contribution in [2.75, 3.05) is 0 Å². The van der Waals surface area contributed by atoms with Gasteiger partial charge < -0.3 is 9.72 Å². The van der Waals surface area contributed by atoms with Gasteiger partial charge in [-0.2, -0.15) is 8.78 Å². The van der Waals surface area contributed by atoms with Crippen LogP contribution in [0.4, 0.5) is 8.78 Å². The lowest BCUT2D eigenvalue weighted by Gasteiger charge is -2.06. The maximum absolute atomic E-state index is 12.0. The Hall–Kier alpha value is -1.98. The van der Waals surface area contributed by atoms with Crippen molar-refractivity contribution in [2.45, 2.75) is 6.61 Å². The van der Waals surface area contributed by atoms with E-state index in [-0.39, 0.29) is 11.3 Å². The van der Waals surface area contributed by atoms with Gasteiger partial charge in [0.25, 0.3) is 5.56 Å². The molecule has 1 N–H and O–H groups in total. The number of hydrogen-bond acceptors (Lipinski definition) is 3. The predicted octanol–water partition coefficient (Wildman–Crippen LogP) is 1.52. The lowest BCUT2D eigenvalue weighted by molar-refractivity contribution is -0.0489. The van der Waals surface area contributed by atoms with Crippen molar-refractivity contribution in [3.05, 3.63) is 34.7 Å². The van der Waals surface area contributed by atoms with Crippen molar-refractivity contribution in [2.24, 2.45) is 0 Å². The highest BCUT2D eigenvalue weighted by molar-refractivity contribution is 5.80. The van der Waals surface area contributed by atoms with Gasteiger partial charge in [-0.15, -0.1) is 0 Å². The standard InChI is InChI=1S/C9H6F2N2O2/c10-9(11)15-6-3-1-2-5-8(6)12-4-7(14)13-5/h1-4,9H,(H,13,14). The van der Waals surface area contributed by atoms with E-state index in [1.165, 1.54) is 12.1 Å². The third-order valence-corrected chi connectivity index (χ3v) is 1.78. The number of halogens is 2. The van der Waals surface area contributed by atoms with Crippen molar-refractivity contribution in [1.82, 2.24) is 9.97 Å². The van der Waals surface area contributed by atoms with Gasteiger partial charge in [0.1, 0.15) is 5.52 Å². The molecule has 0 unspecified atom stereocenters. The number of fused-ring (bicyclic) bond motifs is 1. The Labute approximate surface area is 82.5 Å². The Kier molecular flexibility index (Phi) is 2.32. The minimum Gasteiger partial charge on any atom is -0.432 e. The molecule has 0 fully saturated rings. The number of para-hydroxylation sites is 1. The van der Waals surface area contributed by atoms with Crippen molar-refractivity contribution >= 4 is 11.0 Å². The minimum atomic E-state index is -2.91. The minimum absolute atomic E-state index is 0.0567. The molecule has 4 nitrogen and oxygen atoms in total. The van der Waals surface area contributed by atoms with E-state index in [1.54, 1.807) is 6.07 Å². The smallest absolute Gasteiger partial charge is 0.387 e. The van der Waals surface area contributed by atoms with Gasteiger partial charge in [-0.1, -0.05) is 6.07 Å². The second-order valence-electron chi connectivity index (χ2n) is 2.78. The first-order valence-corrected chi connectivity index (χ1v) is 4.09. The molecule has 0 radical (unpaired) electrons. The summed E-state index contributed by atoms with van der Waals surface area (Å²) in [5, 5.41) is 0. The molecule has 0 aliphatic carbocycles. The van der Waals surface area contributed by atoms with Crippen LogP contribution in [-0.4, -0.2) is 16.6 Å². The maximum Gasteiger partial charge on any atom is 0.387 e. The normalized spacial score (nSPS) is 10.9. The average Bonchev–Trinajstić information content (AvgIpc) is 2.16. The molecule has 6 heteroatoms. The molecular formula is C9H6F2N2O2. The quantitative estimate of drug-likeness (QED) is 0.821. The summed E-state index contributed by atoms with van der Waals surface area (Å²) in [6.45, 7) is -2.91. The van der Waals surface area contributed by atoms with Gasteiger partial charge in [0.05, 0.1) is 11.7 Å². The first kappa shape index (κ1) is 9.57. The van der Waals surface area contributed by atoms with Crippen molar-refractivity contribution in [3.63, 3.8) is 0 Å². The highest BCUT2D eigenvalue weighted by atomic mass is 19.3. The van der Waals surface area contributed by atoms with Gasteiger partial charge in [0.2, 0.25) is 0 Å². The topological polar surface area (TPSA) is 55.0 Å². The van der Waals surface area contributed by atoms with Crippen molar-refractivity contribution in [1.29, 1.82) is 0 Å². The Morgan fingerprint density at radius 2 is 2.20 bits per heavy atom. The number of rotatable bonds is 2. The Morgan fingerprint density at radius 3 is 2.93 bits per heavy atom. The molecule has 78 valence electrons. The Morgan fingerprint density at radius 1 is 1.40 bits per heavy atom. The average molecular weight is 212 g/mol. The predicted molar refractivity (Wildman–Crippen MR) is 49.0 cm³/mol. The Balaban J connectivity index is 2.60. The fraction of sp³-hybridized carbons (Fsp3) is 0.111. The molecule has 1 aromatic heterocycles. The molecule has 0 amide bonds. The highest BCUT2D eigenvalue weighted by Gasteiger charge is 2.09. The molecule has 0 bridgehead atoms. The van der Waals surface area contributed by atoms with Crippen molar-refractivity contribution in [3.8, 4) is 5.75 Å². The SMILES string of the molecule is O=c1cnc2c(OC(F)F)cccc2[nH]1. The van der Waals surface area contributed by atoms with Crippen LogP contribution in [0, 0.1) is 0 Å². The fourth-order valence-electron chi connectivity index (χ4n) is 1.24. The van der Waals surface area contributed by atoms with Gasteiger partial charge in [-0.05, 0) is 12.1 Å². The van der Waals surface area contributed by atoms with Crippen LogP contribution in [0.25, 0.3) is 11.0 Å². The molecule has 0 atom stereocenters. The molecule has 0 spiro atoms. The van der Waals surface area contributed by atoms with Crippen LogP contribution >= 0.6 is 0 Å². The van der Waals surface area contributed by atoms with Crippen LogP contribution in [0.1, 0.15) is 0 Å². The molecule has 0 aliphatic rings. The fourth-order valence-corrected chi connectivity index (χ4v) is 1.24. The summed E-state index contributed by atoms with van der Waals surface area (Å²) in [6, 6.07) is 4.42. The molecule has 2 rings (SSSR count).